The van der Waals surface area contributed by atoms with Crippen molar-refractivity contribution in [2.24, 2.45) is 5.92 Å². The number of hydrogen-bond donors (Lipinski definition) is 0. The number of benzene rings is 1. The monoisotopic (exact) mass is 273 g/mol. The highest BCUT2D eigenvalue weighted by molar-refractivity contribution is 5.98. The zero-order chi connectivity index (χ0) is 13.9. The van der Waals surface area contributed by atoms with Gasteiger partial charge in [0.15, 0.2) is 5.78 Å². The van der Waals surface area contributed by atoms with Gasteiger partial charge in [0, 0.05) is 43.5 Å². The van der Waals surface area contributed by atoms with Gasteiger partial charge in [-0.25, -0.2) is 0 Å². The molecular weight excluding hydrogens is 250 g/mol. The number of carbonyl (C=O) groups is 1. The molecule has 0 amide bonds. The minimum absolute atomic E-state index is 0.154. The predicted molar refractivity (Wildman–Crippen MR) is 80.5 cm³/mol. The van der Waals surface area contributed by atoms with Gasteiger partial charge in [-0.2, -0.15) is 0 Å². The maximum Gasteiger partial charge on any atom is 0.166 e. The number of aryl methyl sites for hydroxylation is 1. The van der Waals surface area contributed by atoms with Crippen molar-refractivity contribution >= 4 is 11.5 Å². The predicted octanol–water partition coefficient (Wildman–Crippen LogP) is 3.20. The van der Waals surface area contributed by atoms with E-state index in [0.717, 1.165) is 44.7 Å². The van der Waals surface area contributed by atoms with E-state index in [0.29, 0.717) is 5.78 Å². The molecule has 0 N–H and O–H groups in total. The van der Waals surface area contributed by atoms with E-state index >= 15 is 0 Å². The number of rotatable bonds is 3. The number of carbonyl (C=O) groups excluding carboxylic acids is 1. The number of ether oxygens (including phenoxy) is 1. The van der Waals surface area contributed by atoms with Gasteiger partial charge in [0.1, 0.15) is 0 Å². The van der Waals surface area contributed by atoms with Crippen LogP contribution >= 0.6 is 0 Å². The number of ketones is 1. The Balaban J connectivity index is 1.77. The van der Waals surface area contributed by atoms with Crippen molar-refractivity contribution in [1.29, 1.82) is 0 Å². The molecule has 3 rings (SSSR count). The van der Waals surface area contributed by atoms with Crippen LogP contribution in [-0.4, -0.2) is 32.1 Å². The van der Waals surface area contributed by atoms with Crippen LogP contribution in [0.2, 0.25) is 0 Å². The molecule has 0 spiro atoms. The van der Waals surface area contributed by atoms with E-state index in [9.17, 15) is 4.79 Å². The fraction of sp³-hybridized carbons (Fsp3) is 0.588. The van der Waals surface area contributed by atoms with Crippen LogP contribution in [0.4, 0.5) is 5.69 Å². The summed E-state index contributed by atoms with van der Waals surface area (Å²) < 4.78 is 5.34. The summed E-state index contributed by atoms with van der Waals surface area (Å²) in [5.41, 5.74) is 3.40. The molecule has 0 saturated carbocycles. The van der Waals surface area contributed by atoms with E-state index in [-0.39, 0.29) is 5.92 Å². The SMILES string of the molecule is Cc1cc(C(=O)C2CCOCC2)ccc1N1CCCC1. The normalized spacial score (nSPS) is 20.4. The number of nitrogens with zero attached hydrogens (tertiary/aromatic N) is 1. The van der Waals surface area contributed by atoms with E-state index in [1.807, 2.05) is 6.07 Å². The van der Waals surface area contributed by atoms with Crippen LogP contribution < -0.4 is 4.90 Å². The van der Waals surface area contributed by atoms with Crippen LogP contribution in [0.3, 0.4) is 0 Å². The summed E-state index contributed by atoms with van der Waals surface area (Å²) in [6.07, 6.45) is 4.29. The van der Waals surface area contributed by atoms with Gasteiger partial charge < -0.3 is 9.64 Å². The lowest BCUT2D eigenvalue weighted by Crippen LogP contribution is -2.24. The zero-order valence-corrected chi connectivity index (χ0v) is 12.2. The lowest BCUT2D eigenvalue weighted by atomic mass is 9.90. The van der Waals surface area contributed by atoms with E-state index < -0.39 is 0 Å². The second-order valence-electron chi connectivity index (χ2n) is 5.95. The maximum atomic E-state index is 12.5. The first-order chi connectivity index (χ1) is 9.75. The molecule has 2 saturated heterocycles. The van der Waals surface area contributed by atoms with Gasteiger partial charge in [-0.15, -0.1) is 0 Å². The molecule has 108 valence electrons. The second kappa shape index (κ2) is 5.96. The van der Waals surface area contributed by atoms with Crippen molar-refractivity contribution in [3.05, 3.63) is 29.3 Å². The molecule has 2 aliphatic heterocycles. The highest BCUT2D eigenvalue weighted by atomic mass is 16.5. The molecule has 0 unspecified atom stereocenters. The van der Waals surface area contributed by atoms with E-state index in [2.05, 4.69) is 24.0 Å². The molecule has 0 atom stereocenters. The Morgan fingerprint density at radius 2 is 1.90 bits per heavy atom. The van der Waals surface area contributed by atoms with Gasteiger partial charge in [0.05, 0.1) is 0 Å². The van der Waals surface area contributed by atoms with Gasteiger partial charge in [0.2, 0.25) is 0 Å². The summed E-state index contributed by atoms with van der Waals surface area (Å²) in [7, 11) is 0. The molecule has 20 heavy (non-hydrogen) atoms. The van der Waals surface area contributed by atoms with Crippen molar-refractivity contribution in [3.8, 4) is 0 Å². The maximum absolute atomic E-state index is 12.5. The highest BCUT2D eigenvalue weighted by Crippen LogP contribution is 2.27. The third-order valence-electron chi connectivity index (χ3n) is 4.52. The summed E-state index contributed by atoms with van der Waals surface area (Å²) in [5, 5.41) is 0. The third-order valence-corrected chi connectivity index (χ3v) is 4.52. The van der Waals surface area contributed by atoms with Gasteiger partial charge in [-0.3, -0.25) is 4.79 Å². The molecule has 3 nitrogen and oxygen atoms in total. The summed E-state index contributed by atoms with van der Waals surface area (Å²) in [5.74, 6) is 0.449. The number of anilines is 1. The van der Waals surface area contributed by atoms with Crippen molar-refractivity contribution in [2.75, 3.05) is 31.2 Å². The van der Waals surface area contributed by atoms with Crippen molar-refractivity contribution < 1.29 is 9.53 Å². The molecule has 0 aliphatic carbocycles. The number of hydrogen-bond acceptors (Lipinski definition) is 3. The smallest absolute Gasteiger partial charge is 0.166 e. The van der Waals surface area contributed by atoms with Gasteiger partial charge in [-0.05, 0) is 56.4 Å². The Morgan fingerprint density at radius 3 is 2.55 bits per heavy atom. The third kappa shape index (κ3) is 2.73. The topological polar surface area (TPSA) is 29.5 Å². The molecule has 0 bridgehead atoms. The van der Waals surface area contributed by atoms with E-state index in [1.165, 1.54) is 24.1 Å². The molecule has 1 aromatic carbocycles. The Labute approximate surface area is 120 Å². The van der Waals surface area contributed by atoms with Crippen molar-refractivity contribution in [1.82, 2.24) is 0 Å². The first kappa shape index (κ1) is 13.6. The quantitative estimate of drug-likeness (QED) is 0.792. The van der Waals surface area contributed by atoms with Gasteiger partial charge >= 0.3 is 0 Å². The minimum atomic E-state index is 0.154. The zero-order valence-electron chi connectivity index (χ0n) is 12.2. The molecule has 0 radical (unpaired) electrons. The standard InChI is InChI=1S/C17H23NO2/c1-13-12-15(17(19)14-6-10-20-11-7-14)4-5-16(13)18-8-2-3-9-18/h4-5,12,14H,2-3,6-11H2,1H3. The molecule has 1 aromatic rings. The van der Waals surface area contributed by atoms with Crippen molar-refractivity contribution in [3.63, 3.8) is 0 Å². The van der Waals surface area contributed by atoms with Crippen LogP contribution in [-0.2, 0) is 4.74 Å². The Kier molecular flexibility index (Phi) is 4.06. The lowest BCUT2D eigenvalue weighted by Gasteiger charge is -2.23. The lowest BCUT2D eigenvalue weighted by molar-refractivity contribution is 0.0545. The van der Waals surface area contributed by atoms with E-state index in [4.69, 9.17) is 4.74 Å². The summed E-state index contributed by atoms with van der Waals surface area (Å²) in [6.45, 7) is 5.86. The fourth-order valence-corrected chi connectivity index (χ4v) is 3.32. The molecule has 2 fully saturated rings. The average molecular weight is 273 g/mol. The largest absolute Gasteiger partial charge is 0.381 e. The molecule has 2 aliphatic rings. The van der Waals surface area contributed by atoms with Crippen LogP contribution in [0.1, 0.15) is 41.6 Å². The second-order valence-corrected chi connectivity index (χ2v) is 5.95. The Bertz CT molecular complexity index is 486. The van der Waals surface area contributed by atoms with Gasteiger partial charge in [0.25, 0.3) is 0 Å². The summed E-state index contributed by atoms with van der Waals surface area (Å²) in [6, 6.07) is 6.22. The Hall–Kier alpha value is -1.35. The first-order valence-corrected chi connectivity index (χ1v) is 7.73. The van der Waals surface area contributed by atoms with Crippen LogP contribution in [0.15, 0.2) is 18.2 Å². The van der Waals surface area contributed by atoms with E-state index in [1.54, 1.807) is 0 Å². The number of Topliss-reactive ketones (excluding diaryl/α,β-unsaturated/α-hetero) is 1. The fourth-order valence-electron chi connectivity index (χ4n) is 3.32. The summed E-state index contributed by atoms with van der Waals surface area (Å²) >= 11 is 0. The molecule has 2 heterocycles. The molecule has 0 aromatic heterocycles. The molecule has 3 heteroatoms. The van der Waals surface area contributed by atoms with Gasteiger partial charge in [-0.1, -0.05) is 0 Å². The average Bonchev–Trinajstić information content (AvgIpc) is 3.01. The minimum Gasteiger partial charge on any atom is -0.381 e. The highest BCUT2D eigenvalue weighted by Gasteiger charge is 2.23. The first-order valence-electron chi connectivity index (χ1n) is 7.73. The van der Waals surface area contributed by atoms with Crippen LogP contribution in [0.25, 0.3) is 0 Å². The van der Waals surface area contributed by atoms with Crippen LogP contribution in [0.5, 0.6) is 0 Å². The summed E-state index contributed by atoms with van der Waals surface area (Å²) in [4.78, 5) is 14.9. The Morgan fingerprint density at radius 1 is 1.20 bits per heavy atom. The van der Waals surface area contributed by atoms with Crippen molar-refractivity contribution in [2.45, 2.75) is 32.6 Å². The van der Waals surface area contributed by atoms with Crippen LogP contribution in [0, 0.1) is 12.8 Å². The molecular formula is C17H23NO2.